The summed E-state index contributed by atoms with van der Waals surface area (Å²) in [6.45, 7) is 3.53. The lowest BCUT2D eigenvalue weighted by atomic mass is 10.0. The first-order chi connectivity index (χ1) is 12.1. The Kier molecular flexibility index (Phi) is 7.15. The van der Waals surface area contributed by atoms with E-state index in [0.29, 0.717) is 18.4 Å². The average Bonchev–Trinajstić information content (AvgIpc) is 2.62. The highest BCUT2D eigenvalue weighted by Gasteiger charge is 2.04. The van der Waals surface area contributed by atoms with E-state index in [1.807, 2.05) is 42.5 Å². The van der Waals surface area contributed by atoms with E-state index >= 15 is 0 Å². The Hall–Kier alpha value is -2.68. The van der Waals surface area contributed by atoms with E-state index in [0.717, 1.165) is 48.7 Å². The van der Waals surface area contributed by atoms with E-state index in [1.54, 1.807) is 6.07 Å². The van der Waals surface area contributed by atoms with Crippen molar-refractivity contribution >= 4 is 17.8 Å². The van der Waals surface area contributed by atoms with Crippen LogP contribution in [0, 0.1) is 0 Å². The summed E-state index contributed by atoms with van der Waals surface area (Å²) in [5.41, 5.74) is 3.60. The molecule has 2 rings (SSSR count). The molecule has 3 nitrogen and oxygen atoms in total. The molecule has 0 aliphatic heterocycles. The Labute approximate surface area is 149 Å². The molecular weight excluding hydrogens is 312 g/mol. The van der Waals surface area contributed by atoms with Crippen LogP contribution < -0.4 is 0 Å². The zero-order valence-electron chi connectivity index (χ0n) is 14.4. The first-order valence-corrected chi connectivity index (χ1v) is 8.61. The molecule has 0 aromatic heterocycles. The molecule has 1 N–H and O–H groups in total. The number of ketones is 1. The number of carbonyl (C=O) groups excluding carboxylic acids is 2. The monoisotopic (exact) mass is 336 g/mol. The van der Waals surface area contributed by atoms with Crippen LogP contribution >= 0.6 is 0 Å². The number of aliphatic hydroxyl groups is 1. The van der Waals surface area contributed by atoms with Crippen molar-refractivity contribution in [2.24, 2.45) is 0 Å². The molecule has 0 saturated carbocycles. The number of aliphatic hydroxyl groups excluding tert-OH is 1. The van der Waals surface area contributed by atoms with Crippen molar-refractivity contribution in [2.45, 2.75) is 38.5 Å². The van der Waals surface area contributed by atoms with Gasteiger partial charge in [0.15, 0.2) is 0 Å². The molecule has 0 atom stereocenters. The van der Waals surface area contributed by atoms with Crippen molar-refractivity contribution in [3.63, 3.8) is 0 Å². The van der Waals surface area contributed by atoms with Gasteiger partial charge in [-0.3, -0.25) is 9.59 Å². The summed E-state index contributed by atoms with van der Waals surface area (Å²) in [4.78, 5) is 22.8. The zero-order chi connectivity index (χ0) is 18.1. The van der Waals surface area contributed by atoms with Crippen LogP contribution in [0.3, 0.4) is 0 Å². The fraction of sp³-hybridized carbons (Fsp3) is 0.273. The van der Waals surface area contributed by atoms with Crippen LogP contribution in [-0.2, 0) is 17.6 Å². The third-order valence-electron chi connectivity index (χ3n) is 4.19. The van der Waals surface area contributed by atoms with E-state index in [9.17, 15) is 14.7 Å². The van der Waals surface area contributed by atoms with E-state index in [4.69, 9.17) is 0 Å². The molecule has 25 heavy (non-hydrogen) atoms. The van der Waals surface area contributed by atoms with E-state index < -0.39 is 0 Å². The largest absolute Gasteiger partial charge is 0.508 e. The first kappa shape index (κ1) is 18.7. The molecule has 0 saturated heterocycles. The van der Waals surface area contributed by atoms with Crippen LogP contribution in [0.2, 0.25) is 0 Å². The minimum Gasteiger partial charge on any atom is -0.508 e. The zero-order valence-corrected chi connectivity index (χ0v) is 14.4. The maximum Gasteiger partial charge on any atom is 0.150 e. The van der Waals surface area contributed by atoms with Gasteiger partial charge in [0.2, 0.25) is 0 Å². The summed E-state index contributed by atoms with van der Waals surface area (Å²) >= 11 is 0. The Bertz CT molecular complexity index is 746. The number of hydrogen-bond donors (Lipinski definition) is 1. The molecule has 0 unspecified atom stereocenters. The minimum absolute atomic E-state index is 0.0663. The van der Waals surface area contributed by atoms with E-state index in [1.165, 1.54) is 0 Å². The summed E-state index contributed by atoms with van der Waals surface area (Å²) < 4.78 is 0. The van der Waals surface area contributed by atoms with Gasteiger partial charge in [0.25, 0.3) is 0 Å². The summed E-state index contributed by atoms with van der Waals surface area (Å²) in [5.74, 6) is 0.339. The van der Waals surface area contributed by atoms with Crippen molar-refractivity contribution in [3.05, 3.63) is 77.4 Å². The predicted molar refractivity (Wildman–Crippen MR) is 101 cm³/mol. The number of carbonyl (C=O) groups is 2. The van der Waals surface area contributed by atoms with Gasteiger partial charge in [-0.25, -0.2) is 0 Å². The topological polar surface area (TPSA) is 54.4 Å². The van der Waals surface area contributed by atoms with Crippen LogP contribution in [0.5, 0.6) is 0 Å². The Morgan fingerprint density at radius 3 is 2.16 bits per heavy atom. The van der Waals surface area contributed by atoms with Crippen LogP contribution in [0.4, 0.5) is 0 Å². The van der Waals surface area contributed by atoms with Crippen molar-refractivity contribution in [3.8, 4) is 0 Å². The molecule has 0 bridgehead atoms. The quantitative estimate of drug-likeness (QED) is 0.494. The summed E-state index contributed by atoms with van der Waals surface area (Å²) in [5, 5.41) is 9.42. The van der Waals surface area contributed by atoms with Crippen LogP contribution in [0.25, 0.3) is 5.76 Å². The highest BCUT2D eigenvalue weighted by atomic mass is 16.3. The standard InChI is InChI=1S/C22H24O3/c1-17(24)21-11-3-7-19(15-21)9-5-13-22(25)12-4-8-18-6-2-10-20(14-18)16-23/h2-3,6-7,10-11,14-16,24H,1,4-5,8-9,12-13H2. The smallest absolute Gasteiger partial charge is 0.150 e. The third-order valence-corrected chi connectivity index (χ3v) is 4.19. The summed E-state index contributed by atoms with van der Waals surface area (Å²) in [7, 11) is 0. The van der Waals surface area contributed by atoms with Gasteiger partial charge in [-0.1, -0.05) is 43.0 Å². The lowest BCUT2D eigenvalue weighted by molar-refractivity contribution is -0.119. The van der Waals surface area contributed by atoms with Crippen LogP contribution in [-0.4, -0.2) is 17.2 Å². The molecule has 0 amide bonds. The van der Waals surface area contributed by atoms with E-state index in [2.05, 4.69) is 6.58 Å². The van der Waals surface area contributed by atoms with E-state index in [-0.39, 0.29) is 11.5 Å². The third kappa shape index (κ3) is 6.38. The van der Waals surface area contributed by atoms with Crippen molar-refractivity contribution in [1.29, 1.82) is 0 Å². The Morgan fingerprint density at radius 1 is 0.960 bits per heavy atom. The fourth-order valence-corrected chi connectivity index (χ4v) is 2.83. The average molecular weight is 336 g/mol. The van der Waals surface area contributed by atoms with Crippen molar-refractivity contribution in [1.82, 2.24) is 0 Å². The predicted octanol–water partition coefficient (Wildman–Crippen LogP) is 4.94. The van der Waals surface area contributed by atoms with Gasteiger partial charge in [0, 0.05) is 24.0 Å². The molecule has 0 spiro atoms. The van der Waals surface area contributed by atoms with Crippen LogP contribution in [0.1, 0.15) is 52.7 Å². The molecule has 0 aliphatic rings. The molecule has 0 fully saturated rings. The molecule has 0 radical (unpaired) electrons. The molecule has 130 valence electrons. The van der Waals surface area contributed by atoms with Crippen molar-refractivity contribution < 1.29 is 14.7 Å². The highest BCUT2D eigenvalue weighted by molar-refractivity contribution is 5.78. The number of benzene rings is 2. The van der Waals surface area contributed by atoms with Gasteiger partial charge in [0.1, 0.15) is 17.8 Å². The number of rotatable bonds is 10. The molecule has 0 aliphatic carbocycles. The SMILES string of the molecule is C=C(O)c1cccc(CCCC(=O)CCCc2cccc(C=O)c2)c1. The lowest BCUT2D eigenvalue weighted by Gasteiger charge is -2.05. The molecule has 2 aromatic rings. The number of Topliss-reactive ketones (excluding diaryl/α,β-unsaturated/α-hetero) is 1. The van der Waals surface area contributed by atoms with Gasteiger partial charge < -0.3 is 5.11 Å². The number of hydrogen-bond acceptors (Lipinski definition) is 3. The maximum atomic E-state index is 12.0. The van der Waals surface area contributed by atoms with Crippen molar-refractivity contribution in [2.75, 3.05) is 0 Å². The second kappa shape index (κ2) is 9.58. The Balaban J connectivity index is 1.69. The van der Waals surface area contributed by atoms with Crippen LogP contribution in [0.15, 0.2) is 55.1 Å². The normalized spacial score (nSPS) is 10.4. The lowest BCUT2D eigenvalue weighted by Crippen LogP contribution is -2.00. The number of aldehydes is 1. The van der Waals surface area contributed by atoms with Gasteiger partial charge in [0.05, 0.1) is 0 Å². The van der Waals surface area contributed by atoms with Gasteiger partial charge >= 0.3 is 0 Å². The molecule has 0 heterocycles. The van der Waals surface area contributed by atoms with Gasteiger partial charge in [-0.15, -0.1) is 0 Å². The molecular formula is C22H24O3. The molecule has 2 aromatic carbocycles. The van der Waals surface area contributed by atoms with Gasteiger partial charge in [-0.05, 0) is 48.9 Å². The summed E-state index contributed by atoms with van der Waals surface area (Å²) in [6, 6.07) is 15.1. The Morgan fingerprint density at radius 2 is 1.56 bits per heavy atom. The fourth-order valence-electron chi connectivity index (χ4n) is 2.83. The molecule has 3 heteroatoms. The summed E-state index contributed by atoms with van der Waals surface area (Å²) in [6.07, 6.45) is 5.22. The highest BCUT2D eigenvalue weighted by Crippen LogP contribution is 2.14. The van der Waals surface area contributed by atoms with Gasteiger partial charge in [-0.2, -0.15) is 0 Å². The second-order valence-corrected chi connectivity index (χ2v) is 6.26. The maximum absolute atomic E-state index is 12.0. The number of aryl methyl sites for hydroxylation is 2. The minimum atomic E-state index is 0.0663. The second-order valence-electron chi connectivity index (χ2n) is 6.26. The first-order valence-electron chi connectivity index (χ1n) is 8.61.